The van der Waals surface area contributed by atoms with E-state index in [1.165, 1.54) is 6.20 Å². The largest absolute Gasteiger partial charge is 0.493 e. The van der Waals surface area contributed by atoms with Crippen molar-refractivity contribution in [1.29, 1.82) is 0 Å². The molecule has 1 aromatic carbocycles. The average molecular weight is 366 g/mol. The molecule has 0 aliphatic carbocycles. The average Bonchev–Trinajstić information content (AvgIpc) is 2.59. The molecule has 0 fully saturated rings. The van der Waals surface area contributed by atoms with E-state index in [1.807, 2.05) is 0 Å². The number of ether oxygens (including phenoxy) is 2. The maximum Gasteiger partial charge on any atom is 0.310 e. The predicted octanol–water partition coefficient (Wildman–Crippen LogP) is 3.36. The van der Waals surface area contributed by atoms with E-state index in [-0.39, 0.29) is 24.6 Å². The fourth-order valence-corrected chi connectivity index (χ4v) is 3.43. The third-order valence-electron chi connectivity index (χ3n) is 4.49. The topological polar surface area (TPSA) is 69.7 Å². The Morgan fingerprint density at radius 2 is 1.96 bits per heavy atom. The van der Waals surface area contributed by atoms with Gasteiger partial charge < -0.3 is 15.2 Å². The van der Waals surface area contributed by atoms with Gasteiger partial charge in [-0.15, -0.1) is 0 Å². The summed E-state index contributed by atoms with van der Waals surface area (Å²) in [7, 11) is 0. The van der Waals surface area contributed by atoms with Crippen LogP contribution in [0.2, 0.25) is 5.02 Å². The van der Waals surface area contributed by atoms with Gasteiger partial charge in [-0.25, -0.2) is 4.99 Å². The van der Waals surface area contributed by atoms with Crippen molar-refractivity contribution in [3.05, 3.63) is 47.2 Å². The highest BCUT2D eigenvalue weighted by atomic mass is 35.5. The zero-order valence-electron chi connectivity index (χ0n) is 13.0. The van der Waals surface area contributed by atoms with Crippen LogP contribution in [0.1, 0.15) is 12.0 Å². The molecule has 2 aliphatic rings. The van der Waals surface area contributed by atoms with E-state index < -0.39 is 18.1 Å². The van der Waals surface area contributed by atoms with Crippen molar-refractivity contribution in [3.63, 3.8) is 0 Å². The summed E-state index contributed by atoms with van der Waals surface area (Å²) in [5, 5.41) is 0.458. The Labute approximate surface area is 147 Å². The fourth-order valence-electron chi connectivity index (χ4n) is 3.25. The third kappa shape index (κ3) is 2.50. The molecule has 130 valence electrons. The second-order valence-electron chi connectivity index (χ2n) is 6.00. The van der Waals surface area contributed by atoms with Crippen molar-refractivity contribution >= 4 is 17.6 Å². The highest BCUT2D eigenvalue weighted by molar-refractivity contribution is 6.30. The van der Waals surface area contributed by atoms with E-state index in [0.29, 0.717) is 21.9 Å². The molecule has 0 amide bonds. The number of aromatic nitrogens is 1. The molecule has 2 aliphatic heterocycles. The number of nitrogens with two attached hydrogens (primary N) is 1. The quantitative estimate of drug-likeness (QED) is 0.841. The number of alkyl halides is 2. The molecule has 2 N–H and O–H groups in total. The fraction of sp³-hybridized carbons (Fsp3) is 0.294. The molecule has 8 heteroatoms. The molecule has 0 radical (unpaired) electrons. The first-order valence-electron chi connectivity index (χ1n) is 7.65. The van der Waals surface area contributed by atoms with Crippen molar-refractivity contribution in [2.75, 3.05) is 13.2 Å². The molecule has 1 aromatic heterocycles. The lowest BCUT2D eigenvalue weighted by Crippen LogP contribution is -2.54. The van der Waals surface area contributed by atoms with Crippen LogP contribution in [0.5, 0.6) is 5.75 Å². The highest BCUT2D eigenvalue weighted by Gasteiger charge is 2.60. The van der Waals surface area contributed by atoms with Crippen molar-refractivity contribution in [1.82, 2.24) is 4.98 Å². The number of hydrogen-bond donors (Lipinski definition) is 1. The van der Waals surface area contributed by atoms with Gasteiger partial charge in [0, 0.05) is 29.9 Å². The van der Waals surface area contributed by atoms with Crippen LogP contribution in [0.3, 0.4) is 0 Å². The zero-order chi connectivity index (χ0) is 17.7. The molecule has 1 atom stereocenters. The third-order valence-corrected chi connectivity index (χ3v) is 4.70. The van der Waals surface area contributed by atoms with Gasteiger partial charge in [0.2, 0.25) is 0 Å². The summed E-state index contributed by atoms with van der Waals surface area (Å²) in [4.78, 5) is 8.06. The number of benzene rings is 1. The van der Waals surface area contributed by atoms with E-state index in [4.69, 9.17) is 26.8 Å². The lowest BCUT2D eigenvalue weighted by molar-refractivity contribution is -0.132. The summed E-state index contributed by atoms with van der Waals surface area (Å²) in [6.45, 7) is -0.692. The van der Waals surface area contributed by atoms with Gasteiger partial charge in [0.15, 0.2) is 12.1 Å². The summed E-state index contributed by atoms with van der Waals surface area (Å²) in [6, 6.07) is 6.54. The normalized spacial score (nSPS) is 24.0. The molecular weight excluding hydrogens is 352 g/mol. The molecule has 2 aromatic rings. The van der Waals surface area contributed by atoms with Gasteiger partial charge in [0.25, 0.3) is 6.02 Å². The first-order chi connectivity index (χ1) is 11.9. The SMILES string of the molecule is NC1=N[C@@]2(CCOc3ccc(-c4cncc(Cl)c4)cc32)C(F)(F)CO1. The van der Waals surface area contributed by atoms with Crippen LogP contribution in [0.4, 0.5) is 8.78 Å². The molecule has 4 rings (SSSR count). The van der Waals surface area contributed by atoms with Crippen molar-refractivity contribution in [2.45, 2.75) is 17.9 Å². The first kappa shape index (κ1) is 16.1. The van der Waals surface area contributed by atoms with Crippen LogP contribution in [0, 0.1) is 0 Å². The molecule has 0 bridgehead atoms. The Morgan fingerprint density at radius 3 is 2.76 bits per heavy atom. The van der Waals surface area contributed by atoms with E-state index >= 15 is 0 Å². The predicted molar refractivity (Wildman–Crippen MR) is 89.0 cm³/mol. The van der Waals surface area contributed by atoms with Crippen LogP contribution < -0.4 is 10.5 Å². The van der Waals surface area contributed by atoms with E-state index in [0.717, 1.165) is 0 Å². The number of halogens is 3. The second-order valence-corrected chi connectivity index (χ2v) is 6.44. The summed E-state index contributed by atoms with van der Waals surface area (Å²) in [6.07, 6.45) is 3.13. The van der Waals surface area contributed by atoms with E-state index in [9.17, 15) is 8.78 Å². The van der Waals surface area contributed by atoms with Gasteiger partial charge >= 0.3 is 5.92 Å². The van der Waals surface area contributed by atoms with Gasteiger partial charge in [-0.3, -0.25) is 4.98 Å². The van der Waals surface area contributed by atoms with Crippen LogP contribution in [0.25, 0.3) is 11.1 Å². The molecule has 0 saturated carbocycles. The molecule has 5 nitrogen and oxygen atoms in total. The molecule has 0 saturated heterocycles. The van der Waals surface area contributed by atoms with Gasteiger partial charge in [-0.05, 0) is 23.8 Å². The van der Waals surface area contributed by atoms with E-state index in [2.05, 4.69) is 9.98 Å². The minimum Gasteiger partial charge on any atom is -0.493 e. The lowest BCUT2D eigenvalue weighted by Gasteiger charge is -2.43. The van der Waals surface area contributed by atoms with Gasteiger partial charge in [-0.2, -0.15) is 8.78 Å². The van der Waals surface area contributed by atoms with Gasteiger partial charge in [0.1, 0.15) is 5.75 Å². The highest BCUT2D eigenvalue weighted by Crippen LogP contribution is 2.52. The van der Waals surface area contributed by atoms with Crippen molar-refractivity contribution < 1.29 is 18.3 Å². The summed E-state index contributed by atoms with van der Waals surface area (Å²) >= 11 is 5.98. The number of pyridine rings is 1. The van der Waals surface area contributed by atoms with Crippen LogP contribution in [0.15, 0.2) is 41.7 Å². The zero-order valence-corrected chi connectivity index (χ0v) is 13.8. The van der Waals surface area contributed by atoms with Crippen molar-refractivity contribution in [3.8, 4) is 16.9 Å². The minimum absolute atomic E-state index is 0.00824. The van der Waals surface area contributed by atoms with Crippen LogP contribution >= 0.6 is 11.6 Å². The van der Waals surface area contributed by atoms with Crippen molar-refractivity contribution in [2.24, 2.45) is 10.7 Å². The number of nitrogens with zero attached hydrogens (tertiary/aromatic N) is 2. The summed E-state index contributed by atoms with van der Waals surface area (Å²) in [5.41, 5.74) is 5.50. The number of hydrogen-bond acceptors (Lipinski definition) is 5. The maximum atomic E-state index is 14.8. The van der Waals surface area contributed by atoms with Crippen LogP contribution in [-0.2, 0) is 10.3 Å². The monoisotopic (exact) mass is 365 g/mol. The molecule has 1 spiro atoms. The summed E-state index contributed by atoms with van der Waals surface area (Å²) < 4.78 is 40.0. The standard InChI is InChI=1S/C17H14ClF2N3O2/c18-12-5-11(7-22-8-12)10-1-2-14-13(6-10)16(3-4-24-14)17(19,20)9-25-15(21)23-16/h1-2,5-8H,3-4,9H2,(H2,21,23)/t16-/m1/s1. The Kier molecular flexibility index (Phi) is 3.57. The number of rotatable bonds is 1. The Hall–Kier alpha value is -2.41. The molecule has 0 unspecified atom stereocenters. The second kappa shape index (κ2) is 5.56. The molecular formula is C17H14ClF2N3O2. The Morgan fingerprint density at radius 1 is 1.12 bits per heavy atom. The summed E-state index contributed by atoms with van der Waals surface area (Å²) in [5.74, 6) is -2.84. The number of fused-ring (bicyclic) bond motifs is 2. The lowest BCUT2D eigenvalue weighted by atomic mass is 9.78. The molecule has 25 heavy (non-hydrogen) atoms. The Bertz CT molecular complexity index is 875. The van der Waals surface area contributed by atoms with Crippen LogP contribution in [-0.4, -0.2) is 30.1 Å². The maximum absolute atomic E-state index is 14.8. The van der Waals surface area contributed by atoms with Gasteiger partial charge in [0.05, 0.1) is 11.6 Å². The molecule has 3 heterocycles. The number of amidine groups is 1. The smallest absolute Gasteiger partial charge is 0.310 e. The first-order valence-corrected chi connectivity index (χ1v) is 8.03. The van der Waals surface area contributed by atoms with E-state index in [1.54, 1.807) is 30.5 Å². The van der Waals surface area contributed by atoms with Gasteiger partial charge in [-0.1, -0.05) is 17.7 Å². The minimum atomic E-state index is -3.21. The number of aliphatic imine (C=N–C) groups is 1. The Balaban J connectivity index is 1.91.